The lowest BCUT2D eigenvalue weighted by atomic mass is 10.2. The first kappa shape index (κ1) is 18.9. The van der Waals surface area contributed by atoms with Gasteiger partial charge in [-0.1, -0.05) is 0 Å². The van der Waals surface area contributed by atoms with E-state index in [1.165, 1.54) is 26.4 Å². The van der Waals surface area contributed by atoms with Crippen LogP contribution in [-0.4, -0.2) is 32.7 Å². The second kappa shape index (κ2) is 8.58. The quantitative estimate of drug-likeness (QED) is 0.753. The van der Waals surface area contributed by atoms with Crippen LogP contribution in [-0.2, 0) is 16.1 Å². The summed E-state index contributed by atoms with van der Waals surface area (Å²) >= 11 is 0. The molecule has 1 amide bonds. The Morgan fingerprint density at radius 1 is 1.23 bits per heavy atom. The molecule has 0 aliphatic heterocycles. The summed E-state index contributed by atoms with van der Waals surface area (Å²) in [5.74, 6) is 0.668. The molecule has 1 N–H and O–H groups in total. The van der Waals surface area contributed by atoms with Crippen molar-refractivity contribution < 1.29 is 28.2 Å². The predicted octanol–water partition coefficient (Wildman–Crippen LogP) is 1.95. The molecule has 8 heteroatoms. The van der Waals surface area contributed by atoms with Gasteiger partial charge in [0.15, 0.2) is 18.1 Å². The topological polar surface area (TPSA) is 111 Å². The molecular weight excluding hydrogens is 340 g/mol. The second-order valence-electron chi connectivity index (χ2n) is 5.22. The molecule has 8 nitrogen and oxygen atoms in total. The van der Waals surface area contributed by atoms with E-state index in [9.17, 15) is 9.59 Å². The van der Waals surface area contributed by atoms with Crippen molar-refractivity contribution in [3.8, 4) is 17.6 Å². The Bertz CT molecular complexity index is 850. The van der Waals surface area contributed by atoms with Gasteiger partial charge >= 0.3 is 5.97 Å². The standard InChI is InChI=1S/C18H18N2O6/c1-11-14(18(22)24-3)7-13(26-11)9-20-17(21)10-25-15-5-4-12(8-19)6-16(15)23-2/h4-7H,9-10H2,1-3H3,(H,20,21). The maximum Gasteiger partial charge on any atom is 0.341 e. The minimum Gasteiger partial charge on any atom is -0.493 e. The van der Waals surface area contributed by atoms with Crippen LogP contribution in [0.5, 0.6) is 11.5 Å². The van der Waals surface area contributed by atoms with Gasteiger partial charge in [-0.15, -0.1) is 0 Å². The Morgan fingerprint density at radius 3 is 2.65 bits per heavy atom. The number of ether oxygens (including phenoxy) is 3. The van der Waals surface area contributed by atoms with Crippen molar-refractivity contribution in [2.45, 2.75) is 13.5 Å². The lowest BCUT2D eigenvalue weighted by Crippen LogP contribution is -2.28. The zero-order valence-electron chi connectivity index (χ0n) is 14.6. The summed E-state index contributed by atoms with van der Waals surface area (Å²) in [7, 11) is 2.73. The van der Waals surface area contributed by atoms with E-state index in [0.29, 0.717) is 34.1 Å². The first-order chi connectivity index (χ1) is 12.5. The molecule has 2 rings (SSSR count). The minimum absolute atomic E-state index is 0.102. The number of nitrogens with zero attached hydrogens (tertiary/aromatic N) is 1. The van der Waals surface area contributed by atoms with Crippen molar-refractivity contribution in [1.29, 1.82) is 5.26 Å². The van der Waals surface area contributed by atoms with Crippen LogP contribution in [0, 0.1) is 18.3 Å². The third kappa shape index (κ3) is 4.54. The second-order valence-corrected chi connectivity index (χ2v) is 5.22. The van der Waals surface area contributed by atoms with Crippen LogP contribution in [0.25, 0.3) is 0 Å². The number of methoxy groups -OCH3 is 2. The molecular formula is C18H18N2O6. The number of hydrogen-bond donors (Lipinski definition) is 1. The molecule has 1 aromatic carbocycles. The SMILES string of the molecule is COC(=O)c1cc(CNC(=O)COc2ccc(C#N)cc2OC)oc1C. The highest BCUT2D eigenvalue weighted by Gasteiger charge is 2.16. The fourth-order valence-electron chi connectivity index (χ4n) is 2.18. The van der Waals surface area contributed by atoms with E-state index in [4.69, 9.17) is 19.2 Å². The highest BCUT2D eigenvalue weighted by molar-refractivity contribution is 5.90. The molecule has 2 aromatic rings. The normalized spacial score (nSPS) is 9.92. The van der Waals surface area contributed by atoms with Crippen LogP contribution in [0.2, 0.25) is 0 Å². The maximum absolute atomic E-state index is 11.9. The van der Waals surface area contributed by atoms with Crippen molar-refractivity contribution in [1.82, 2.24) is 5.32 Å². The Kier molecular flexibility index (Phi) is 6.22. The van der Waals surface area contributed by atoms with Gasteiger partial charge in [0.05, 0.1) is 32.4 Å². The highest BCUT2D eigenvalue weighted by Crippen LogP contribution is 2.27. The molecule has 0 unspecified atom stereocenters. The number of hydrogen-bond acceptors (Lipinski definition) is 7. The van der Waals surface area contributed by atoms with Crippen molar-refractivity contribution in [3.05, 3.63) is 46.9 Å². The van der Waals surface area contributed by atoms with Gasteiger partial charge in [-0.05, 0) is 25.1 Å². The summed E-state index contributed by atoms with van der Waals surface area (Å²) in [5.41, 5.74) is 0.739. The van der Waals surface area contributed by atoms with E-state index in [-0.39, 0.29) is 19.1 Å². The third-order valence-corrected chi connectivity index (χ3v) is 3.49. The molecule has 0 saturated heterocycles. The molecule has 0 fully saturated rings. The van der Waals surface area contributed by atoms with Gasteiger partial charge in [0.1, 0.15) is 17.1 Å². The molecule has 0 saturated carbocycles. The Labute approximate surface area is 150 Å². The summed E-state index contributed by atoms with van der Waals surface area (Å²) < 4.78 is 20.6. The van der Waals surface area contributed by atoms with Gasteiger partial charge in [-0.2, -0.15) is 5.26 Å². The number of rotatable bonds is 7. The van der Waals surface area contributed by atoms with Gasteiger partial charge < -0.3 is 23.9 Å². The molecule has 1 heterocycles. The molecule has 0 bridgehead atoms. The number of benzene rings is 1. The molecule has 0 aliphatic rings. The largest absolute Gasteiger partial charge is 0.493 e. The van der Waals surface area contributed by atoms with Crippen LogP contribution >= 0.6 is 0 Å². The summed E-state index contributed by atoms with van der Waals surface area (Å²) in [6.07, 6.45) is 0. The van der Waals surface area contributed by atoms with E-state index < -0.39 is 5.97 Å². The first-order valence-electron chi connectivity index (χ1n) is 7.63. The van der Waals surface area contributed by atoms with Gasteiger partial charge in [0.2, 0.25) is 0 Å². The Balaban J connectivity index is 1.90. The van der Waals surface area contributed by atoms with Crippen LogP contribution in [0.15, 0.2) is 28.7 Å². The maximum atomic E-state index is 11.9. The summed E-state index contributed by atoms with van der Waals surface area (Å²) in [4.78, 5) is 23.5. The van der Waals surface area contributed by atoms with Crippen LogP contribution in [0.4, 0.5) is 0 Å². The average Bonchev–Trinajstić information content (AvgIpc) is 3.04. The molecule has 1 aromatic heterocycles. The first-order valence-corrected chi connectivity index (χ1v) is 7.63. The monoisotopic (exact) mass is 358 g/mol. The van der Waals surface area contributed by atoms with Crippen LogP contribution in [0.1, 0.15) is 27.4 Å². The lowest BCUT2D eigenvalue weighted by Gasteiger charge is -2.10. The minimum atomic E-state index is -0.500. The number of carbonyl (C=O) groups is 2. The van der Waals surface area contributed by atoms with Crippen molar-refractivity contribution in [2.75, 3.05) is 20.8 Å². The number of amides is 1. The summed E-state index contributed by atoms with van der Waals surface area (Å²) in [6.45, 7) is 1.49. The lowest BCUT2D eigenvalue weighted by molar-refractivity contribution is -0.123. The molecule has 0 spiro atoms. The number of nitrogens with one attached hydrogen (secondary N) is 1. The predicted molar refractivity (Wildman–Crippen MR) is 89.8 cm³/mol. The fourth-order valence-corrected chi connectivity index (χ4v) is 2.18. The van der Waals surface area contributed by atoms with Crippen molar-refractivity contribution in [3.63, 3.8) is 0 Å². The summed E-state index contributed by atoms with van der Waals surface area (Å²) in [6, 6.07) is 8.16. The molecule has 0 aliphatic carbocycles. The van der Waals surface area contributed by atoms with Gasteiger partial charge in [0, 0.05) is 6.07 Å². The smallest absolute Gasteiger partial charge is 0.341 e. The van der Waals surface area contributed by atoms with E-state index >= 15 is 0 Å². The highest BCUT2D eigenvalue weighted by atomic mass is 16.5. The number of furan rings is 1. The fraction of sp³-hybridized carbons (Fsp3) is 0.278. The Morgan fingerprint density at radius 2 is 2.00 bits per heavy atom. The van der Waals surface area contributed by atoms with Gasteiger partial charge in [0.25, 0.3) is 5.91 Å². The molecule has 0 atom stereocenters. The average molecular weight is 358 g/mol. The summed E-state index contributed by atoms with van der Waals surface area (Å²) in [5, 5.41) is 11.5. The number of esters is 1. The van der Waals surface area contributed by atoms with E-state index in [1.807, 2.05) is 6.07 Å². The van der Waals surface area contributed by atoms with E-state index in [0.717, 1.165) is 0 Å². The zero-order chi connectivity index (χ0) is 19.1. The van der Waals surface area contributed by atoms with E-state index in [1.54, 1.807) is 19.1 Å². The van der Waals surface area contributed by atoms with Crippen molar-refractivity contribution >= 4 is 11.9 Å². The Hall–Kier alpha value is -3.47. The van der Waals surface area contributed by atoms with Crippen LogP contribution < -0.4 is 14.8 Å². The molecule has 26 heavy (non-hydrogen) atoms. The zero-order valence-corrected chi connectivity index (χ0v) is 14.6. The number of aryl methyl sites for hydroxylation is 1. The van der Waals surface area contributed by atoms with Gasteiger partial charge in [-0.3, -0.25) is 4.79 Å². The van der Waals surface area contributed by atoms with Crippen LogP contribution in [0.3, 0.4) is 0 Å². The third-order valence-electron chi connectivity index (χ3n) is 3.49. The van der Waals surface area contributed by atoms with Crippen molar-refractivity contribution in [2.24, 2.45) is 0 Å². The van der Waals surface area contributed by atoms with Gasteiger partial charge in [-0.25, -0.2) is 4.79 Å². The number of nitriles is 1. The van der Waals surface area contributed by atoms with E-state index in [2.05, 4.69) is 10.1 Å². The number of carbonyl (C=O) groups excluding carboxylic acids is 2. The molecule has 136 valence electrons. The molecule has 0 radical (unpaired) electrons.